The second-order valence-corrected chi connectivity index (χ2v) is 12.0. The zero-order valence-corrected chi connectivity index (χ0v) is 25.4. The average Bonchev–Trinajstić information content (AvgIpc) is 3.11. The molecule has 0 aliphatic carbocycles. The number of ether oxygens (including phenoxy) is 1. The van der Waals surface area contributed by atoms with Crippen LogP contribution in [0.2, 0.25) is 0 Å². The van der Waals surface area contributed by atoms with Gasteiger partial charge in [0.1, 0.15) is 17.6 Å². The molecule has 1 aliphatic heterocycles. The van der Waals surface area contributed by atoms with Gasteiger partial charge in [-0.15, -0.1) is 0 Å². The summed E-state index contributed by atoms with van der Waals surface area (Å²) >= 11 is 0. The van der Waals surface area contributed by atoms with E-state index in [1.165, 1.54) is 0 Å². The van der Waals surface area contributed by atoms with Crippen molar-refractivity contribution in [2.24, 2.45) is 0 Å². The number of para-hydroxylation sites is 2. The number of pyridine rings is 1. The number of nitrogens with zero attached hydrogens (tertiary/aromatic N) is 4. The summed E-state index contributed by atoms with van der Waals surface area (Å²) in [5.41, 5.74) is 10.2. The van der Waals surface area contributed by atoms with E-state index in [0.29, 0.717) is 17.1 Å². The number of aromatic nitrogens is 3. The van der Waals surface area contributed by atoms with Crippen LogP contribution in [-0.2, 0) is 5.41 Å². The fourth-order valence-electron chi connectivity index (χ4n) is 6.56. The second-order valence-electron chi connectivity index (χ2n) is 12.0. The van der Waals surface area contributed by atoms with Crippen LogP contribution in [0.15, 0.2) is 134 Å². The van der Waals surface area contributed by atoms with Crippen molar-refractivity contribution < 1.29 is 4.74 Å². The minimum atomic E-state index is -0.353. The van der Waals surface area contributed by atoms with Gasteiger partial charge in [0.25, 0.3) is 0 Å². The fraction of sp³-hybridized carbons (Fsp3) is 0.0732. The lowest BCUT2D eigenvalue weighted by molar-refractivity contribution is 0.417. The molecule has 2 aromatic heterocycles. The molecule has 0 amide bonds. The van der Waals surface area contributed by atoms with Crippen molar-refractivity contribution in [3.63, 3.8) is 0 Å². The Morgan fingerprint density at radius 2 is 1.43 bits per heavy atom. The van der Waals surface area contributed by atoms with E-state index in [1.807, 2.05) is 66.9 Å². The Labute approximate surface area is 267 Å². The van der Waals surface area contributed by atoms with Crippen molar-refractivity contribution >= 4 is 10.9 Å². The van der Waals surface area contributed by atoms with Crippen molar-refractivity contribution in [3.8, 4) is 62.5 Å². The van der Waals surface area contributed by atoms with E-state index < -0.39 is 0 Å². The molecular formula is C41H28N4O. The van der Waals surface area contributed by atoms with Gasteiger partial charge in [-0.3, -0.25) is 4.98 Å². The van der Waals surface area contributed by atoms with E-state index in [-0.39, 0.29) is 5.41 Å². The van der Waals surface area contributed by atoms with Crippen LogP contribution in [0.25, 0.3) is 55.8 Å². The molecule has 3 heterocycles. The molecule has 0 fully saturated rings. The standard InChI is InChI=1S/C41H28N4O/c1-41(2)34-13-4-6-15-36(34)46-39-30(24-42)20-21-32(37(39)41)27-18-16-26(17-19-27)28-9-7-10-29(23-28)40-44-35-14-5-3-12-33(35)38(45-40)31-11-8-22-43-25-31/h3-23,25H,1-2H3. The lowest BCUT2D eigenvalue weighted by Crippen LogP contribution is -2.25. The van der Waals surface area contributed by atoms with E-state index in [0.717, 1.165) is 66.9 Å². The molecule has 5 aromatic carbocycles. The van der Waals surface area contributed by atoms with Crippen LogP contribution in [0.5, 0.6) is 11.5 Å². The number of benzene rings is 5. The fourth-order valence-corrected chi connectivity index (χ4v) is 6.56. The summed E-state index contributed by atoms with van der Waals surface area (Å²) < 4.78 is 6.37. The molecule has 218 valence electrons. The molecule has 8 rings (SSSR count). The third kappa shape index (κ3) is 4.51. The van der Waals surface area contributed by atoms with Crippen LogP contribution in [0.4, 0.5) is 0 Å². The molecular weight excluding hydrogens is 564 g/mol. The Morgan fingerprint density at radius 1 is 0.674 bits per heavy atom. The molecule has 1 aliphatic rings. The molecule has 0 saturated carbocycles. The molecule has 7 aromatic rings. The Bertz CT molecular complexity index is 2320. The SMILES string of the molecule is CC1(C)c2ccccc2Oc2c(C#N)ccc(-c3ccc(-c4cccc(-c5nc(-c6cccnc6)c6ccccc6n5)c4)cc3)c21. The quantitative estimate of drug-likeness (QED) is 0.203. The van der Waals surface area contributed by atoms with Crippen LogP contribution in [0.1, 0.15) is 30.5 Å². The highest BCUT2D eigenvalue weighted by molar-refractivity contribution is 5.93. The van der Waals surface area contributed by atoms with Gasteiger partial charge in [-0.2, -0.15) is 5.26 Å². The predicted molar refractivity (Wildman–Crippen MR) is 182 cm³/mol. The summed E-state index contributed by atoms with van der Waals surface area (Å²) in [5.74, 6) is 2.11. The first kappa shape index (κ1) is 27.4. The minimum Gasteiger partial charge on any atom is -0.455 e. The van der Waals surface area contributed by atoms with E-state index in [1.54, 1.807) is 6.20 Å². The highest BCUT2D eigenvalue weighted by Gasteiger charge is 2.37. The number of hydrogen-bond donors (Lipinski definition) is 0. The van der Waals surface area contributed by atoms with Crippen LogP contribution in [-0.4, -0.2) is 15.0 Å². The first-order valence-corrected chi connectivity index (χ1v) is 15.2. The van der Waals surface area contributed by atoms with E-state index in [4.69, 9.17) is 14.7 Å². The maximum atomic E-state index is 9.92. The Morgan fingerprint density at radius 3 is 2.26 bits per heavy atom. The van der Waals surface area contributed by atoms with Crippen LogP contribution in [0, 0.1) is 11.3 Å². The van der Waals surface area contributed by atoms with E-state index in [9.17, 15) is 5.26 Å². The average molecular weight is 593 g/mol. The Balaban J connectivity index is 1.18. The molecule has 0 N–H and O–H groups in total. The highest BCUT2D eigenvalue weighted by atomic mass is 16.5. The maximum absolute atomic E-state index is 9.92. The van der Waals surface area contributed by atoms with Crippen molar-refractivity contribution in [2.45, 2.75) is 19.3 Å². The van der Waals surface area contributed by atoms with Gasteiger partial charge in [-0.05, 0) is 58.7 Å². The van der Waals surface area contributed by atoms with Crippen LogP contribution >= 0.6 is 0 Å². The third-order valence-corrected chi connectivity index (χ3v) is 8.86. The smallest absolute Gasteiger partial charge is 0.160 e. The zero-order chi connectivity index (χ0) is 31.3. The number of nitriles is 1. The van der Waals surface area contributed by atoms with Gasteiger partial charge in [0.15, 0.2) is 5.82 Å². The topological polar surface area (TPSA) is 71.7 Å². The summed E-state index contributed by atoms with van der Waals surface area (Å²) in [7, 11) is 0. The molecule has 5 heteroatoms. The van der Waals surface area contributed by atoms with E-state index >= 15 is 0 Å². The van der Waals surface area contributed by atoms with Crippen LogP contribution < -0.4 is 4.74 Å². The number of hydrogen-bond acceptors (Lipinski definition) is 5. The molecule has 0 atom stereocenters. The zero-order valence-electron chi connectivity index (χ0n) is 25.4. The predicted octanol–water partition coefficient (Wildman–Crippen LogP) is 10.00. The van der Waals surface area contributed by atoms with Gasteiger partial charge in [0.2, 0.25) is 0 Å². The minimum absolute atomic E-state index is 0.353. The summed E-state index contributed by atoms with van der Waals surface area (Å²) in [5, 5.41) is 10.9. The highest BCUT2D eigenvalue weighted by Crippen LogP contribution is 2.52. The third-order valence-electron chi connectivity index (χ3n) is 8.86. The van der Waals surface area contributed by atoms with Gasteiger partial charge in [-0.1, -0.05) is 98.8 Å². The molecule has 0 radical (unpaired) electrons. The molecule has 0 spiro atoms. The number of rotatable bonds is 4. The summed E-state index contributed by atoms with van der Waals surface area (Å²) in [6.45, 7) is 4.40. The summed E-state index contributed by atoms with van der Waals surface area (Å²) in [4.78, 5) is 14.3. The Hall–Kier alpha value is -6.12. The lowest BCUT2D eigenvalue weighted by atomic mass is 9.72. The van der Waals surface area contributed by atoms with Gasteiger partial charge >= 0.3 is 0 Å². The van der Waals surface area contributed by atoms with Crippen molar-refractivity contribution in [1.82, 2.24) is 15.0 Å². The van der Waals surface area contributed by atoms with Crippen molar-refractivity contribution in [1.29, 1.82) is 5.26 Å². The molecule has 5 nitrogen and oxygen atoms in total. The Kier molecular flexibility index (Phi) is 6.44. The first-order chi connectivity index (χ1) is 22.5. The van der Waals surface area contributed by atoms with Gasteiger partial charge in [-0.25, -0.2) is 9.97 Å². The lowest BCUT2D eigenvalue weighted by Gasteiger charge is -2.36. The van der Waals surface area contributed by atoms with Gasteiger partial charge in [0, 0.05) is 45.4 Å². The summed E-state index contributed by atoms with van der Waals surface area (Å²) in [6, 6.07) is 43.3. The van der Waals surface area contributed by atoms with E-state index in [2.05, 4.69) is 85.6 Å². The first-order valence-electron chi connectivity index (χ1n) is 15.2. The van der Waals surface area contributed by atoms with Crippen molar-refractivity contribution in [2.75, 3.05) is 0 Å². The second kappa shape index (κ2) is 10.8. The molecule has 0 bridgehead atoms. The largest absolute Gasteiger partial charge is 0.455 e. The molecule has 0 saturated heterocycles. The number of fused-ring (bicyclic) bond motifs is 3. The monoisotopic (exact) mass is 592 g/mol. The van der Waals surface area contributed by atoms with Gasteiger partial charge in [0.05, 0.1) is 16.8 Å². The van der Waals surface area contributed by atoms with Gasteiger partial charge < -0.3 is 4.74 Å². The molecule has 0 unspecified atom stereocenters. The van der Waals surface area contributed by atoms with Crippen LogP contribution in [0.3, 0.4) is 0 Å². The normalized spacial score (nSPS) is 12.9. The molecule has 46 heavy (non-hydrogen) atoms. The summed E-state index contributed by atoms with van der Waals surface area (Å²) in [6.07, 6.45) is 3.61. The maximum Gasteiger partial charge on any atom is 0.160 e. The van der Waals surface area contributed by atoms with Crippen molar-refractivity contribution in [3.05, 3.63) is 150 Å².